The summed E-state index contributed by atoms with van der Waals surface area (Å²) in [5.41, 5.74) is 4.75. The van der Waals surface area contributed by atoms with Crippen LogP contribution in [0.4, 0.5) is 0 Å². The van der Waals surface area contributed by atoms with Gasteiger partial charge in [0.2, 0.25) is 5.88 Å². The molecule has 0 amide bonds. The number of carbonyl (C=O) groups excluding carboxylic acids is 1. The zero-order valence-corrected chi connectivity index (χ0v) is 24.8. The molecule has 4 aromatic rings. The Labute approximate surface area is 247 Å². The maximum Gasteiger partial charge on any atom is 0.214 e. The summed E-state index contributed by atoms with van der Waals surface area (Å²) in [6.45, 7) is 10.7. The molecule has 0 unspecified atom stereocenters. The average Bonchev–Trinajstić information content (AvgIpc) is 3.37. The number of fused-ring (bicyclic) bond motifs is 1. The normalized spacial score (nSPS) is 17.2. The van der Waals surface area contributed by atoms with E-state index < -0.39 is 0 Å². The van der Waals surface area contributed by atoms with Crippen molar-refractivity contribution in [3.63, 3.8) is 0 Å². The molecule has 0 N–H and O–H groups in total. The molecule has 1 aromatic carbocycles. The van der Waals surface area contributed by atoms with Crippen LogP contribution in [0.25, 0.3) is 21.9 Å². The number of hydrogen-bond acceptors (Lipinski definition) is 8. The molecule has 0 bridgehead atoms. The van der Waals surface area contributed by atoms with Gasteiger partial charge in [-0.3, -0.25) is 19.4 Å². The number of morpholine rings is 1. The van der Waals surface area contributed by atoms with Gasteiger partial charge in [-0.2, -0.15) is 5.10 Å². The Bertz CT molecular complexity index is 1540. The van der Waals surface area contributed by atoms with Gasteiger partial charge in [-0.15, -0.1) is 0 Å². The zero-order chi connectivity index (χ0) is 29.1. The van der Waals surface area contributed by atoms with Crippen molar-refractivity contribution in [1.82, 2.24) is 29.5 Å². The fourth-order valence-corrected chi connectivity index (χ4v) is 5.91. The van der Waals surface area contributed by atoms with Gasteiger partial charge in [-0.1, -0.05) is 12.1 Å². The number of nitrogens with zero attached hydrogens (tertiary/aromatic N) is 6. The van der Waals surface area contributed by atoms with Gasteiger partial charge in [-0.25, -0.2) is 4.98 Å². The van der Waals surface area contributed by atoms with Crippen LogP contribution in [0.15, 0.2) is 55.0 Å². The van der Waals surface area contributed by atoms with Crippen LogP contribution in [0.3, 0.4) is 0 Å². The van der Waals surface area contributed by atoms with E-state index >= 15 is 0 Å². The summed E-state index contributed by atoms with van der Waals surface area (Å²) >= 11 is 0. The maximum absolute atomic E-state index is 13.3. The van der Waals surface area contributed by atoms with Crippen molar-refractivity contribution in [1.29, 1.82) is 0 Å². The molecule has 2 fully saturated rings. The molecule has 0 radical (unpaired) electrons. The third-order valence-electron chi connectivity index (χ3n) is 8.52. The first-order valence-electron chi connectivity index (χ1n) is 15.0. The zero-order valence-electron chi connectivity index (χ0n) is 24.8. The lowest BCUT2D eigenvalue weighted by atomic mass is 10.0. The van der Waals surface area contributed by atoms with E-state index in [0.717, 1.165) is 86.4 Å². The van der Waals surface area contributed by atoms with Gasteiger partial charge >= 0.3 is 0 Å². The highest BCUT2D eigenvalue weighted by Crippen LogP contribution is 2.29. The van der Waals surface area contributed by atoms with E-state index in [0.29, 0.717) is 17.5 Å². The standard InChI is InChI=1S/C33H40N6O3/c1-23(2)39-10-7-29(8-11-39)42-33-18-25(6-9-34-33)32(40)19-28-17-27-16-24(4-5-26(27)20-35-28)30-21-36-37(3)31(30)22-38-12-14-41-15-13-38/h4-6,9,16-18,20-21,23,29H,7-8,10-15,19,22H2,1-3H3. The Kier molecular flexibility index (Phi) is 8.60. The van der Waals surface area contributed by atoms with E-state index in [4.69, 9.17) is 9.47 Å². The van der Waals surface area contributed by atoms with Crippen LogP contribution in [0.1, 0.15) is 48.4 Å². The number of ketones is 1. The highest BCUT2D eigenvalue weighted by Gasteiger charge is 2.23. The first-order chi connectivity index (χ1) is 20.4. The van der Waals surface area contributed by atoms with Crippen molar-refractivity contribution in [3.05, 3.63) is 71.9 Å². The third kappa shape index (κ3) is 6.53. The van der Waals surface area contributed by atoms with Gasteiger partial charge in [0.25, 0.3) is 0 Å². The Morgan fingerprint density at radius 3 is 2.60 bits per heavy atom. The van der Waals surface area contributed by atoms with Gasteiger partial charge in [-0.05, 0) is 55.8 Å². The van der Waals surface area contributed by atoms with E-state index in [-0.39, 0.29) is 18.3 Å². The molecular weight excluding hydrogens is 528 g/mol. The van der Waals surface area contributed by atoms with Crippen LogP contribution in [0, 0.1) is 0 Å². The smallest absolute Gasteiger partial charge is 0.214 e. The molecule has 5 heterocycles. The number of piperidine rings is 1. The van der Waals surface area contributed by atoms with Crippen LogP contribution < -0.4 is 4.74 Å². The lowest BCUT2D eigenvalue weighted by molar-refractivity contribution is 0.0332. The topological polar surface area (TPSA) is 85.6 Å². The van der Waals surface area contributed by atoms with Gasteiger partial charge < -0.3 is 14.4 Å². The number of ether oxygens (including phenoxy) is 2. The van der Waals surface area contributed by atoms with Crippen molar-refractivity contribution in [2.24, 2.45) is 7.05 Å². The van der Waals surface area contributed by atoms with Crippen molar-refractivity contribution >= 4 is 16.6 Å². The van der Waals surface area contributed by atoms with Gasteiger partial charge in [0, 0.05) is 86.5 Å². The number of carbonyl (C=O) groups is 1. The van der Waals surface area contributed by atoms with E-state index in [2.05, 4.69) is 56.9 Å². The van der Waals surface area contributed by atoms with Crippen molar-refractivity contribution in [3.8, 4) is 17.0 Å². The first kappa shape index (κ1) is 28.5. The summed E-state index contributed by atoms with van der Waals surface area (Å²) < 4.78 is 13.7. The molecule has 0 atom stereocenters. The number of Topliss-reactive ketones (excluding diaryl/α,β-unsaturated/α-hetero) is 1. The summed E-state index contributed by atoms with van der Waals surface area (Å²) in [4.78, 5) is 27.1. The molecule has 9 nitrogen and oxygen atoms in total. The highest BCUT2D eigenvalue weighted by atomic mass is 16.5. The summed E-state index contributed by atoms with van der Waals surface area (Å²) in [5, 5.41) is 6.66. The minimum Gasteiger partial charge on any atom is -0.474 e. The first-order valence-corrected chi connectivity index (χ1v) is 15.0. The summed E-state index contributed by atoms with van der Waals surface area (Å²) in [7, 11) is 2.00. The fraction of sp³-hybridized carbons (Fsp3) is 0.455. The molecule has 42 heavy (non-hydrogen) atoms. The number of hydrogen-bond donors (Lipinski definition) is 0. The minimum absolute atomic E-state index is 0.0000570. The monoisotopic (exact) mass is 568 g/mol. The maximum atomic E-state index is 13.3. The van der Waals surface area contributed by atoms with Crippen molar-refractivity contribution in [2.75, 3.05) is 39.4 Å². The second-order valence-electron chi connectivity index (χ2n) is 11.7. The quantitative estimate of drug-likeness (QED) is 0.272. The number of aryl methyl sites for hydroxylation is 1. The average molecular weight is 569 g/mol. The molecule has 9 heteroatoms. The SMILES string of the molecule is CC(C)N1CCC(Oc2cc(C(=O)Cc3cc4cc(-c5cnn(C)c5CN5CCOCC5)ccc4cn3)ccn2)CC1. The molecule has 220 valence electrons. The number of likely N-dealkylation sites (tertiary alicyclic amines) is 1. The minimum atomic E-state index is -0.0000570. The number of benzene rings is 1. The Morgan fingerprint density at radius 1 is 1.00 bits per heavy atom. The summed E-state index contributed by atoms with van der Waals surface area (Å²) in [5.74, 6) is 0.518. The molecule has 2 aliphatic rings. The van der Waals surface area contributed by atoms with Crippen molar-refractivity contribution in [2.45, 2.75) is 51.8 Å². The predicted octanol–water partition coefficient (Wildman–Crippen LogP) is 4.54. The number of aromatic nitrogens is 4. The van der Waals surface area contributed by atoms with E-state index in [1.165, 1.54) is 5.69 Å². The van der Waals surface area contributed by atoms with Crippen LogP contribution >= 0.6 is 0 Å². The van der Waals surface area contributed by atoms with Gasteiger partial charge in [0.15, 0.2) is 5.78 Å². The number of pyridine rings is 2. The molecule has 2 saturated heterocycles. The highest BCUT2D eigenvalue weighted by molar-refractivity contribution is 5.98. The summed E-state index contributed by atoms with van der Waals surface area (Å²) in [6, 6.07) is 12.5. The molecule has 2 aliphatic heterocycles. The lowest BCUT2D eigenvalue weighted by Gasteiger charge is -2.34. The van der Waals surface area contributed by atoms with Crippen LogP contribution in [0.5, 0.6) is 5.88 Å². The van der Waals surface area contributed by atoms with E-state index in [9.17, 15) is 4.79 Å². The Hall–Kier alpha value is -3.66. The second kappa shape index (κ2) is 12.7. The van der Waals surface area contributed by atoms with E-state index in [1.807, 2.05) is 30.2 Å². The summed E-state index contributed by atoms with van der Waals surface area (Å²) in [6.07, 6.45) is 7.73. The van der Waals surface area contributed by atoms with Crippen LogP contribution in [-0.4, -0.2) is 86.9 Å². The Balaban J connectivity index is 1.15. The fourth-order valence-electron chi connectivity index (χ4n) is 5.91. The van der Waals surface area contributed by atoms with Crippen molar-refractivity contribution < 1.29 is 14.3 Å². The molecule has 3 aromatic heterocycles. The lowest BCUT2D eigenvalue weighted by Crippen LogP contribution is -2.41. The van der Waals surface area contributed by atoms with Crippen LogP contribution in [0.2, 0.25) is 0 Å². The largest absolute Gasteiger partial charge is 0.474 e. The second-order valence-corrected chi connectivity index (χ2v) is 11.7. The van der Waals surface area contributed by atoms with Crippen LogP contribution in [-0.2, 0) is 24.8 Å². The predicted molar refractivity (Wildman–Crippen MR) is 163 cm³/mol. The molecule has 0 spiro atoms. The molecular formula is C33H40N6O3. The Morgan fingerprint density at radius 2 is 1.81 bits per heavy atom. The number of rotatable bonds is 9. The van der Waals surface area contributed by atoms with Gasteiger partial charge in [0.05, 0.1) is 31.5 Å². The molecule has 0 aliphatic carbocycles. The molecule has 0 saturated carbocycles. The molecule has 6 rings (SSSR count). The van der Waals surface area contributed by atoms with Gasteiger partial charge in [0.1, 0.15) is 6.10 Å². The third-order valence-corrected chi connectivity index (χ3v) is 8.52. The van der Waals surface area contributed by atoms with E-state index in [1.54, 1.807) is 18.3 Å².